The van der Waals surface area contributed by atoms with Crippen LogP contribution in [0.15, 0.2) is 54.6 Å². The van der Waals surface area contributed by atoms with Crippen molar-refractivity contribution in [3.8, 4) is 5.75 Å². The Balaban J connectivity index is 1.74. The van der Waals surface area contributed by atoms with Crippen LogP contribution in [0, 0.1) is 0 Å². The lowest BCUT2D eigenvalue weighted by Gasteiger charge is -2.42. The quantitative estimate of drug-likeness (QED) is 0.662. The van der Waals surface area contributed by atoms with Gasteiger partial charge in [0.05, 0.1) is 13.2 Å². The predicted octanol–water partition coefficient (Wildman–Crippen LogP) is 3.76. The number of unbranched alkanes of at least 4 members (excludes halogenated alkanes) is 1. The molecule has 0 amide bonds. The first-order chi connectivity index (χ1) is 13.3. The molecule has 3 rings (SSSR count). The number of aliphatic hydroxyl groups is 1. The summed E-state index contributed by atoms with van der Waals surface area (Å²) in [7, 11) is 1.73. The van der Waals surface area contributed by atoms with Gasteiger partial charge >= 0.3 is 0 Å². The number of aliphatic hydroxyl groups excluding tert-OH is 1. The van der Waals surface area contributed by atoms with Crippen LogP contribution in [0.5, 0.6) is 5.75 Å². The molecule has 1 aliphatic rings. The molecule has 2 atom stereocenters. The van der Waals surface area contributed by atoms with Crippen molar-refractivity contribution in [1.29, 1.82) is 0 Å². The number of para-hydroxylation sites is 1. The Morgan fingerprint density at radius 2 is 1.85 bits per heavy atom. The minimum Gasteiger partial charge on any atom is -0.496 e. The van der Waals surface area contributed by atoms with Crippen LogP contribution in [0.2, 0.25) is 0 Å². The summed E-state index contributed by atoms with van der Waals surface area (Å²) in [4.78, 5) is 2.59. The van der Waals surface area contributed by atoms with Crippen LogP contribution in [-0.2, 0) is 6.54 Å². The second kappa shape index (κ2) is 10.5. The van der Waals surface area contributed by atoms with Gasteiger partial charge in [-0.25, -0.2) is 0 Å². The van der Waals surface area contributed by atoms with Gasteiger partial charge in [0.15, 0.2) is 0 Å². The highest BCUT2D eigenvalue weighted by Gasteiger charge is 2.32. The molecule has 0 radical (unpaired) electrons. The molecule has 1 aliphatic heterocycles. The normalized spacial score (nSPS) is 20.5. The topological polar surface area (TPSA) is 44.7 Å². The zero-order valence-corrected chi connectivity index (χ0v) is 16.3. The fraction of sp³-hybridized carbons (Fsp3) is 0.478. The van der Waals surface area contributed by atoms with Crippen LogP contribution in [0.25, 0.3) is 0 Å². The molecule has 1 fully saturated rings. The number of benzene rings is 2. The number of hydrogen-bond acceptors (Lipinski definition) is 4. The summed E-state index contributed by atoms with van der Waals surface area (Å²) in [5.41, 5.74) is 2.57. The monoisotopic (exact) mass is 368 g/mol. The Hall–Kier alpha value is -1.88. The predicted molar refractivity (Wildman–Crippen MR) is 110 cm³/mol. The highest BCUT2D eigenvalue weighted by Crippen LogP contribution is 2.32. The highest BCUT2D eigenvalue weighted by atomic mass is 16.5. The van der Waals surface area contributed by atoms with E-state index in [0.717, 1.165) is 38.2 Å². The fourth-order valence-electron chi connectivity index (χ4n) is 4.14. The van der Waals surface area contributed by atoms with Crippen LogP contribution in [0.3, 0.4) is 0 Å². The summed E-state index contributed by atoms with van der Waals surface area (Å²) >= 11 is 0. The van der Waals surface area contributed by atoms with Crippen molar-refractivity contribution in [2.45, 2.75) is 44.3 Å². The number of nitrogens with one attached hydrogen (secondary N) is 1. The van der Waals surface area contributed by atoms with Gasteiger partial charge in [-0.2, -0.15) is 0 Å². The maximum atomic E-state index is 9.15. The minimum absolute atomic E-state index is 0.277. The SMILES string of the molecule is COc1ccccc1CNC1CCCN(CCCCO)C1c1ccccc1. The molecule has 0 aliphatic carbocycles. The van der Waals surface area contributed by atoms with Crippen LogP contribution >= 0.6 is 0 Å². The molecule has 2 unspecified atom stereocenters. The summed E-state index contributed by atoms with van der Waals surface area (Å²) in [6.45, 7) is 3.24. The summed E-state index contributed by atoms with van der Waals surface area (Å²) in [6.07, 6.45) is 4.29. The van der Waals surface area contributed by atoms with E-state index in [4.69, 9.17) is 9.84 Å². The molecule has 1 saturated heterocycles. The Bertz CT molecular complexity index is 677. The van der Waals surface area contributed by atoms with Crippen molar-refractivity contribution in [1.82, 2.24) is 10.2 Å². The van der Waals surface area contributed by atoms with Gasteiger partial charge in [-0.3, -0.25) is 4.90 Å². The van der Waals surface area contributed by atoms with Gasteiger partial charge in [-0.1, -0.05) is 48.5 Å². The lowest BCUT2D eigenvalue weighted by Crippen LogP contribution is -2.48. The number of likely N-dealkylation sites (tertiary alicyclic amines) is 1. The summed E-state index contributed by atoms with van der Waals surface area (Å²) in [6, 6.07) is 19.8. The van der Waals surface area contributed by atoms with Gasteiger partial charge in [0.1, 0.15) is 5.75 Å². The van der Waals surface area contributed by atoms with E-state index in [0.29, 0.717) is 12.1 Å². The van der Waals surface area contributed by atoms with Crippen molar-refractivity contribution in [2.24, 2.45) is 0 Å². The third-order valence-electron chi connectivity index (χ3n) is 5.48. The Morgan fingerprint density at radius 3 is 2.63 bits per heavy atom. The number of nitrogens with zero attached hydrogens (tertiary/aromatic N) is 1. The Morgan fingerprint density at radius 1 is 1.07 bits per heavy atom. The van der Waals surface area contributed by atoms with Crippen LogP contribution in [0.1, 0.15) is 42.9 Å². The first-order valence-corrected chi connectivity index (χ1v) is 10.1. The lowest BCUT2D eigenvalue weighted by atomic mass is 9.89. The maximum Gasteiger partial charge on any atom is 0.123 e. The second-order valence-corrected chi connectivity index (χ2v) is 7.26. The molecule has 0 aromatic heterocycles. The Kier molecular flexibility index (Phi) is 7.69. The highest BCUT2D eigenvalue weighted by molar-refractivity contribution is 5.33. The zero-order chi connectivity index (χ0) is 18.9. The van der Waals surface area contributed by atoms with Gasteiger partial charge in [-0.05, 0) is 50.4 Å². The molecular weight excluding hydrogens is 336 g/mol. The number of ether oxygens (including phenoxy) is 1. The van der Waals surface area contributed by atoms with E-state index in [1.54, 1.807) is 7.11 Å². The van der Waals surface area contributed by atoms with Crippen LogP contribution in [0.4, 0.5) is 0 Å². The second-order valence-electron chi connectivity index (χ2n) is 7.26. The minimum atomic E-state index is 0.277. The van der Waals surface area contributed by atoms with E-state index in [2.05, 4.69) is 52.7 Å². The van der Waals surface area contributed by atoms with E-state index in [-0.39, 0.29) is 6.61 Å². The average molecular weight is 369 g/mol. The molecule has 0 bridgehead atoms. The van der Waals surface area contributed by atoms with Gasteiger partial charge in [0.25, 0.3) is 0 Å². The largest absolute Gasteiger partial charge is 0.496 e. The summed E-state index contributed by atoms with van der Waals surface area (Å²) < 4.78 is 5.51. The smallest absolute Gasteiger partial charge is 0.123 e. The van der Waals surface area contributed by atoms with Crippen molar-refractivity contribution < 1.29 is 9.84 Å². The van der Waals surface area contributed by atoms with E-state index in [1.807, 2.05) is 12.1 Å². The molecule has 4 heteroatoms. The van der Waals surface area contributed by atoms with Gasteiger partial charge < -0.3 is 15.2 Å². The first kappa shape index (κ1) is 19.9. The van der Waals surface area contributed by atoms with Crippen molar-refractivity contribution in [3.05, 3.63) is 65.7 Å². The van der Waals surface area contributed by atoms with E-state index in [9.17, 15) is 0 Å². The molecule has 2 N–H and O–H groups in total. The Labute approximate surface area is 163 Å². The van der Waals surface area contributed by atoms with Crippen molar-refractivity contribution >= 4 is 0 Å². The average Bonchev–Trinajstić information content (AvgIpc) is 2.73. The number of piperidine rings is 1. The van der Waals surface area contributed by atoms with E-state index in [1.165, 1.54) is 24.0 Å². The van der Waals surface area contributed by atoms with Crippen LogP contribution < -0.4 is 10.1 Å². The molecule has 2 aromatic rings. The van der Waals surface area contributed by atoms with E-state index < -0.39 is 0 Å². The van der Waals surface area contributed by atoms with Crippen molar-refractivity contribution in [2.75, 3.05) is 26.8 Å². The molecule has 0 spiro atoms. The third kappa shape index (κ3) is 5.32. The lowest BCUT2D eigenvalue weighted by molar-refractivity contribution is 0.106. The summed E-state index contributed by atoms with van der Waals surface area (Å²) in [5, 5.41) is 13.0. The molecule has 27 heavy (non-hydrogen) atoms. The molecular formula is C23H32N2O2. The van der Waals surface area contributed by atoms with Gasteiger partial charge in [-0.15, -0.1) is 0 Å². The molecule has 0 saturated carbocycles. The molecule has 2 aromatic carbocycles. The number of rotatable bonds is 9. The standard InChI is InChI=1S/C23H32N2O2/c1-27-22-14-6-5-12-20(22)18-24-21-13-9-16-25(15-7-8-17-26)23(21)19-10-3-2-4-11-19/h2-6,10-12,14,21,23-24,26H,7-9,13,15-18H2,1H3. The van der Waals surface area contributed by atoms with E-state index >= 15 is 0 Å². The molecule has 146 valence electrons. The van der Waals surface area contributed by atoms with Crippen molar-refractivity contribution in [3.63, 3.8) is 0 Å². The summed E-state index contributed by atoms with van der Waals surface area (Å²) in [5.74, 6) is 0.942. The maximum absolute atomic E-state index is 9.15. The molecule has 4 nitrogen and oxygen atoms in total. The molecule has 1 heterocycles. The first-order valence-electron chi connectivity index (χ1n) is 10.1. The third-order valence-corrected chi connectivity index (χ3v) is 5.48. The zero-order valence-electron chi connectivity index (χ0n) is 16.3. The number of hydrogen-bond donors (Lipinski definition) is 2. The van der Waals surface area contributed by atoms with Gasteiger partial charge in [0.2, 0.25) is 0 Å². The number of methoxy groups -OCH3 is 1. The van der Waals surface area contributed by atoms with Gasteiger partial charge in [0, 0.05) is 24.8 Å². The fourth-order valence-corrected chi connectivity index (χ4v) is 4.14. The van der Waals surface area contributed by atoms with Crippen LogP contribution in [-0.4, -0.2) is 42.9 Å².